The maximum absolute atomic E-state index is 12.6. The van der Waals surface area contributed by atoms with Gasteiger partial charge in [0.1, 0.15) is 5.69 Å². The Morgan fingerprint density at radius 3 is 2.54 bits per heavy atom. The molecule has 26 heavy (non-hydrogen) atoms. The smallest absolute Gasteiger partial charge is 0.339 e. The average molecular weight is 355 g/mol. The third kappa shape index (κ3) is 3.61. The Balaban J connectivity index is 1.78. The van der Waals surface area contributed by atoms with E-state index in [2.05, 4.69) is 15.6 Å². The number of aryl methyl sites for hydroxylation is 1. The molecule has 1 saturated carbocycles. The number of methoxy groups -OCH3 is 1. The molecule has 1 aliphatic carbocycles. The number of hydrogen-bond donors (Lipinski definition) is 3. The van der Waals surface area contributed by atoms with Gasteiger partial charge >= 0.3 is 5.97 Å². The molecule has 0 spiro atoms. The van der Waals surface area contributed by atoms with Crippen LogP contribution in [0.1, 0.15) is 55.3 Å². The second-order valence-corrected chi connectivity index (χ2v) is 6.40. The fourth-order valence-electron chi connectivity index (χ4n) is 2.81. The van der Waals surface area contributed by atoms with Crippen LogP contribution >= 0.6 is 0 Å². The zero-order valence-electron chi connectivity index (χ0n) is 14.9. The van der Waals surface area contributed by atoms with Gasteiger partial charge in [0.2, 0.25) is 0 Å². The zero-order chi connectivity index (χ0) is 18.8. The van der Waals surface area contributed by atoms with Crippen molar-refractivity contribution in [3.63, 3.8) is 0 Å². The summed E-state index contributed by atoms with van der Waals surface area (Å²) in [7, 11) is 1.30. The predicted molar refractivity (Wildman–Crippen MR) is 96.5 cm³/mol. The lowest BCUT2D eigenvalue weighted by Crippen LogP contribution is -2.25. The van der Waals surface area contributed by atoms with E-state index in [0.29, 0.717) is 28.1 Å². The minimum Gasteiger partial charge on any atom is -0.465 e. The zero-order valence-corrected chi connectivity index (χ0v) is 14.9. The van der Waals surface area contributed by atoms with Gasteiger partial charge in [-0.05, 0) is 50.5 Å². The highest BCUT2D eigenvalue weighted by atomic mass is 16.5. The monoisotopic (exact) mass is 355 g/mol. The molecule has 7 nitrogen and oxygen atoms in total. The Labute approximate surface area is 151 Å². The summed E-state index contributed by atoms with van der Waals surface area (Å²) in [5, 5.41) is 5.67. The fourth-order valence-corrected chi connectivity index (χ4v) is 2.81. The van der Waals surface area contributed by atoms with Crippen molar-refractivity contribution in [3.05, 3.63) is 52.3 Å². The van der Waals surface area contributed by atoms with E-state index >= 15 is 0 Å². The molecule has 2 aromatic rings. The van der Waals surface area contributed by atoms with Crippen LogP contribution in [-0.4, -0.2) is 35.9 Å². The van der Waals surface area contributed by atoms with Crippen LogP contribution in [0.4, 0.5) is 5.69 Å². The van der Waals surface area contributed by atoms with Gasteiger partial charge in [-0.3, -0.25) is 9.59 Å². The average Bonchev–Trinajstić information content (AvgIpc) is 3.38. The summed E-state index contributed by atoms with van der Waals surface area (Å²) < 4.78 is 4.75. The van der Waals surface area contributed by atoms with Crippen LogP contribution in [-0.2, 0) is 4.74 Å². The van der Waals surface area contributed by atoms with Crippen molar-refractivity contribution in [2.24, 2.45) is 0 Å². The molecule has 0 atom stereocenters. The number of aromatic nitrogens is 1. The van der Waals surface area contributed by atoms with Crippen molar-refractivity contribution in [2.75, 3.05) is 12.4 Å². The first-order valence-corrected chi connectivity index (χ1v) is 8.40. The minimum absolute atomic E-state index is 0.150. The van der Waals surface area contributed by atoms with Crippen LogP contribution in [0.15, 0.2) is 24.3 Å². The fraction of sp³-hybridized carbons (Fsp3) is 0.316. The summed E-state index contributed by atoms with van der Waals surface area (Å²) >= 11 is 0. The summed E-state index contributed by atoms with van der Waals surface area (Å²) in [6, 6.07) is 7.01. The van der Waals surface area contributed by atoms with E-state index in [9.17, 15) is 14.4 Å². The van der Waals surface area contributed by atoms with Crippen LogP contribution in [0.2, 0.25) is 0 Å². The number of rotatable bonds is 5. The van der Waals surface area contributed by atoms with Gasteiger partial charge in [0.05, 0.1) is 12.7 Å². The molecule has 7 heteroatoms. The third-order valence-corrected chi connectivity index (χ3v) is 4.35. The Hall–Kier alpha value is -3.09. The summed E-state index contributed by atoms with van der Waals surface area (Å²) in [4.78, 5) is 39.5. The van der Waals surface area contributed by atoms with Crippen LogP contribution in [0, 0.1) is 13.8 Å². The highest BCUT2D eigenvalue weighted by Crippen LogP contribution is 2.22. The number of carbonyl (C=O) groups is 3. The largest absolute Gasteiger partial charge is 0.465 e. The lowest BCUT2D eigenvalue weighted by atomic mass is 10.1. The maximum atomic E-state index is 12.6. The molecule has 2 amide bonds. The molecule has 0 saturated heterocycles. The molecule has 1 aromatic heterocycles. The van der Waals surface area contributed by atoms with E-state index in [0.717, 1.165) is 12.8 Å². The molecule has 3 N–H and O–H groups in total. The summed E-state index contributed by atoms with van der Waals surface area (Å²) in [5.41, 5.74) is 2.73. The molecule has 0 radical (unpaired) electrons. The van der Waals surface area contributed by atoms with E-state index in [4.69, 9.17) is 4.74 Å². The highest BCUT2D eigenvalue weighted by Gasteiger charge is 2.24. The molecule has 1 fully saturated rings. The Kier molecular flexibility index (Phi) is 4.79. The minimum atomic E-state index is -0.492. The van der Waals surface area contributed by atoms with E-state index < -0.39 is 5.97 Å². The van der Waals surface area contributed by atoms with Crippen molar-refractivity contribution in [1.29, 1.82) is 0 Å². The number of amides is 2. The molecular formula is C19H21N3O4. The van der Waals surface area contributed by atoms with Crippen LogP contribution in [0.3, 0.4) is 0 Å². The second-order valence-electron chi connectivity index (χ2n) is 6.40. The first kappa shape index (κ1) is 17.7. The Morgan fingerprint density at radius 1 is 1.15 bits per heavy atom. The van der Waals surface area contributed by atoms with Crippen molar-refractivity contribution in [3.8, 4) is 0 Å². The van der Waals surface area contributed by atoms with Crippen LogP contribution in [0.5, 0.6) is 0 Å². The normalized spacial score (nSPS) is 13.2. The van der Waals surface area contributed by atoms with Crippen molar-refractivity contribution >= 4 is 23.5 Å². The van der Waals surface area contributed by atoms with Gasteiger partial charge in [0.15, 0.2) is 0 Å². The SMILES string of the molecule is COC(=O)c1c(C)[nH]c(C(=O)Nc2cccc(C(=O)NC3CC3)c2)c1C. The molecular weight excluding hydrogens is 334 g/mol. The number of ether oxygens (including phenoxy) is 1. The highest BCUT2D eigenvalue weighted by molar-refractivity contribution is 6.07. The van der Waals surface area contributed by atoms with Gasteiger partial charge in [-0.1, -0.05) is 6.07 Å². The van der Waals surface area contributed by atoms with E-state index in [1.165, 1.54) is 7.11 Å². The van der Waals surface area contributed by atoms with E-state index in [1.54, 1.807) is 38.1 Å². The number of esters is 1. The quantitative estimate of drug-likeness (QED) is 0.718. The van der Waals surface area contributed by atoms with Crippen LogP contribution < -0.4 is 10.6 Å². The molecule has 136 valence electrons. The predicted octanol–water partition coefficient (Wildman–Crippen LogP) is 2.56. The van der Waals surface area contributed by atoms with Gasteiger partial charge in [-0.25, -0.2) is 4.79 Å². The van der Waals surface area contributed by atoms with Crippen molar-refractivity contribution in [2.45, 2.75) is 32.7 Å². The van der Waals surface area contributed by atoms with Crippen LogP contribution in [0.25, 0.3) is 0 Å². The number of aromatic amines is 1. The molecule has 3 rings (SSSR count). The molecule has 1 aromatic carbocycles. The number of hydrogen-bond acceptors (Lipinski definition) is 4. The Morgan fingerprint density at radius 2 is 1.88 bits per heavy atom. The molecule has 1 aliphatic rings. The number of carbonyl (C=O) groups excluding carboxylic acids is 3. The number of nitrogens with one attached hydrogen (secondary N) is 3. The summed E-state index contributed by atoms with van der Waals surface area (Å²) in [6.45, 7) is 3.39. The van der Waals surface area contributed by atoms with Crippen molar-refractivity contribution in [1.82, 2.24) is 10.3 Å². The lowest BCUT2D eigenvalue weighted by Gasteiger charge is -2.08. The van der Waals surface area contributed by atoms with Gasteiger partial charge in [0.25, 0.3) is 11.8 Å². The van der Waals surface area contributed by atoms with E-state index in [-0.39, 0.29) is 23.6 Å². The van der Waals surface area contributed by atoms with Gasteiger partial charge in [-0.2, -0.15) is 0 Å². The van der Waals surface area contributed by atoms with Crippen molar-refractivity contribution < 1.29 is 19.1 Å². The maximum Gasteiger partial charge on any atom is 0.339 e. The Bertz CT molecular complexity index is 881. The molecule has 0 bridgehead atoms. The first-order chi connectivity index (χ1) is 12.4. The number of H-pyrrole nitrogens is 1. The molecule has 0 unspecified atom stereocenters. The van der Waals surface area contributed by atoms with Gasteiger partial charge in [0, 0.05) is 23.0 Å². The molecule has 1 heterocycles. The second kappa shape index (κ2) is 7.03. The number of benzene rings is 1. The van der Waals surface area contributed by atoms with E-state index in [1.807, 2.05) is 0 Å². The molecule has 0 aliphatic heterocycles. The number of anilines is 1. The lowest BCUT2D eigenvalue weighted by molar-refractivity contribution is 0.0599. The first-order valence-electron chi connectivity index (χ1n) is 8.40. The topological polar surface area (TPSA) is 100 Å². The van der Waals surface area contributed by atoms with Gasteiger partial charge in [-0.15, -0.1) is 0 Å². The summed E-state index contributed by atoms with van der Waals surface area (Å²) in [5.74, 6) is -1.03. The summed E-state index contributed by atoms with van der Waals surface area (Å²) in [6.07, 6.45) is 2.02. The third-order valence-electron chi connectivity index (χ3n) is 4.35. The van der Waals surface area contributed by atoms with Gasteiger partial charge < -0.3 is 20.4 Å². The standard InChI is InChI=1S/C19H21N3O4/c1-10-15(19(25)26-3)11(2)20-16(10)18(24)22-14-6-4-5-12(9-14)17(23)21-13-7-8-13/h4-6,9,13,20H,7-8H2,1-3H3,(H,21,23)(H,22,24).